The van der Waals surface area contributed by atoms with Gasteiger partial charge in [0.1, 0.15) is 5.82 Å². The van der Waals surface area contributed by atoms with E-state index >= 15 is 0 Å². The van der Waals surface area contributed by atoms with Gasteiger partial charge in [-0.1, -0.05) is 18.2 Å². The van der Waals surface area contributed by atoms with Gasteiger partial charge in [0, 0.05) is 29.4 Å². The van der Waals surface area contributed by atoms with Crippen molar-refractivity contribution in [2.24, 2.45) is 0 Å². The largest absolute Gasteiger partial charge is 0.308 e. The van der Waals surface area contributed by atoms with Gasteiger partial charge in [-0.3, -0.25) is 14.3 Å². The molecular formula is C19H17BrF3N5O2S. The second-order valence-electron chi connectivity index (χ2n) is 6.48. The molecule has 0 atom stereocenters. The number of aromatic nitrogens is 4. The van der Waals surface area contributed by atoms with Crippen molar-refractivity contribution in [3.8, 4) is 0 Å². The maximum Gasteiger partial charge on any atom is 0.291 e. The van der Waals surface area contributed by atoms with Gasteiger partial charge in [-0.2, -0.15) is 13.9 Å². The number of anilines is 1. The number of halogens is 4. The highest BCUT2D eigenvalue weighted by atomic mass is 79.9. The second-order valence-corrected chi connectivity index (χ2v) is 8.31. The number of amides is 1. The number of carbonyl (C=O) groups excluding carboxylic acids is 1. The molecule has 2 heterocycles. The SMILES string of the molecule is Cc1nc(SC(F)F)[nH]c(=O)c1CCC(=O)Nc1nn(Cc2ccccc2F)cc1Br. The van der Waals surface area contributed by atoms with E-state index in [1.807, 2.05) is 0 Å². The molecule has 0 bridgehead atoms. The Kier molecular flexibility index (Phi) is 7.55. The third kappa shape index (κ3) is 6.20. The van der Waals surface area contributed by atoms with Gasteiger partial charge >= 0.3 is 0 Å². The van der Waals surface area contributed by atoms with Crippen LogP contribution in [0, 0.1) is 12.7 Å². The molecule has 3 rings (SSSR count). The molecule has 0 saturated heterocycles. The Balaban J connectivity index is 1.62. The number of thioether (sulfide) groups is 1. The van der Waals surface area contributed by atoms with E-state index in [2.05, 4.69) is 36.3 Å². The van der Waals surface area contributed by atoms with Crippen LogP contribution < -0.4 is 10.9 Å². The number of aryl methyl sites for hydroxylation is 1. The Labute approximate surface area is 187 Å². The molecule has 0 fully saturated rings. The number of aromatic amines is 1. The maximum absolute atomic E-state index is 13.8. The lowest BCUT2D eigenvalue weighted by molar-refractivity contribution is -0.116. The summed E-state index contributed by atoms with van der Waals surface area (Å²) in [5, 5.41) is 6.69. The van der Waals surface area contributed by atoms with Gasteiger partial charge < -0.3 is 10.3 Å². The first-order valence-electron chi connectivity index (χ1n) is 9.03. The van der Waals surface area contributed by atoms with Gasteiger partial charge in [-0.25, -0.2) is 9.37 Å². The Morgan fingerprint density at radius 2 is 2.10 bits per heavy atom. The van der Waals surface area contributed by atoms with Gasteiger partial charge in [0.25, 0.3) is 11.3 Å². The number of nitrogens with one attached hydrogen (secondary N) is 2. The highest BCUT2D eigenvalue weighted by Gasteiger charge is 2.15. The van der Waals surface area contributed by atoms with Crippen LogP contribution in [0.1, 0.15) is 23.2 Å². The van der Waals surface area contributed by atoms with Crippen molar-refractivity contribution in [3.05, 3.63) is 67.9 Å². The highest BCUT2D eigenvalue weighted by Crippen LogP contribution is 2.22. The molecular weight excluding hydrogens is 499 g/mol. The molecule has 0 aliphatic rings. The molecule has 0 radical (unpaired) electrons. The van der Waals surface area contributed by atoms with Crippen molar-refractivity contribution >= 4 is 39.4 Å². The standard InChI is InChI=1S/C19H17BrF3N5O2S/c1-10-12(17(30)26-19(24-10)31-18(22)23)6-7-15(29)25-16-13(20)9-28(27-16)8-11-4-2-3-5-14(11)21/h2-5,9,18H,6-8H2,1H3,(H,24,26,30)(H,25,27,29). The van der Waals surface area contributed by atoms with Crippen LogP contribution in [0.2, 0.25) is 0 Å². The third-order valence-corrected chi connectivity index (χ3v) is 5.44. The van der Waals surface area contributed by atoms with Crippen molar-refractivity contribution < 1.29 is 18.0 Å². The lowest BCUT2D eigenvalue weighted by Gasteiger charge is -2.07. The zero-order valence-electron chi connectivity index (χ0n) is 16.2. The van der Waals surface area contributed by atoms with Crippen molar-refractivity contribution in [2.75, 3.05) is 5.32 Å². The van der Waals surface area contributed by atoms with E-state index in [4.69, 9.17) is 0 Å². The van der Waals surface area contributed by atoms with E-state index in [0.717, 1.165) is 0 Å². The first kappa shape index (κ1) is 23.1. The van der Waals surface area contributed by atoms with Crippen LogP contribution in [0.15, 0.2) is 44.9 Å². The van der Waals surface area contributed by atoms with E-state index in [9.17, 15) is 22.8 Å². The monoisotopic (exact) mass is 515 g/mol. The third-order valence-electron chi connectivity index (χ3n) is 4.27. The van der Waals surface area contributed by atoms with E-state index in [1.165, 1.54) is 17.7 Å². The number of hydrogen-bond donors (Lipinski definition) is 2. The Morgan fingerprint density at radius 1 is 1.35 bits per heavy atom. The predicted octanol–water partition coefficient (Wildman–Crippen LogP) is 4.11. The van der Waals surface area contributed by atoms with Gasteiger partial charge in [0.05, 0.1) is 11.0 Å². The van der Waals surface area contributed by atoms with Crippen LogP contribution in [-0.4, -0.2) is 31.4 Å². The fraction of sp³-hybridized carbons (Fsp3) is 0.263. The Morgan fingerprint density at radius 3 is 2.77 bits per heavy atom. The molecule has 0 saturated carbocycles. The summed E-state index contributed by atoms with van der Waals surface area (Å²) in [7, 11) is 0. The quantitative estimate of drug-likeness (QED) is 0.348. The average Bonchev–Trinajstić information content (AvgIpc) is 3.01. The second kappa shape index (κ2) is 10.1. The fourth-order valence-corrected chi connectivity index (χ4v) is 3.74. The van der Waals surface area contributed by atoms with Crippen molar-refractivity contribution in [2.45, 2.75) is 37.2 Å². The number of carbonyl (C=O) groups is 1. The smallest absolute Gasteiger partial charge is 0.291 e. The van der Waals surface area contributed by atoms with Crippen LogP contribution in [0.3, 0.4) is 0 Å². The number of benzene rings is 1. The van der Waals surface area contributed by atoms with Crippen LogP contribution in [0.4, 0.5) is 19.0 Å². The predicted molar refractivity (Wildman–Crippen MR) is 114 cm³/mol. The zero-order chi connectivity index (χ0) is 22.5. The molecule has 0 spiro atoms. The number of alkyl halides is 2. The molecule has 0 aliphatic heterocycles. The molecule has 31 heavy (non-hydrogen) atoms. The lowest BCUT2D eigenvalue weighted by atomic mass is 10.1. The summed E-state index contributed by atoms with van der Waals surface area (Å²) < 4.78 is 40.7. The number of H-pyrrole nitrogens is 1. The molecule has 164 valence electrons. The minimum absolute atomic E-state index is 0.0421. The van der Waals surface area contributed by atoms with Crippen LogP contribution >= 0.6 is 27.7 Å². The average molecular weight is 516 g/mol. The summed E-state index contributed by atoms with van der Waals surface area (Å²) in [6, 6.07) is 6.31. The topological polar surface area (TPSA) is 92.7 Å². The van der Waals surface area contributed by atoms with E-state index in [0.29, 0.717) is 10.0 Å². The minimum atomic E-state index is -2.70. The summed E-state index contributed by atoms with van der Waals surface area (Å²) in [5.74, 6) is -3.20. The Bertz CT molecular complexity index is 1150. The van der Waals surface area contributed by atoms with Crippen molar-refractivity contribution in [3.63, 3.8) is 0 Å². The van der Waals surface area contributed by atoms with Gasteiger partial charge in [-0.05, 0) is 47.1 Å². The Hall–Kier alpha value is -2.60. The zero-order valence-corrected chi connectivity index (χ0v) is 18.6. The molecule has 0 unspecified atom stereocenters. The van der Waals surface area contributed by atoms with Gasteiger partial charge in [-0.15, -0.1) is 0 Å². The highest BCUT2D eigenvalue weighted by molar-refractivity contribution is 9.10. The van der Waals surface area contributed by atoms with Crippen LogP contribution in [0.5, 0.6) is 0 Å². The molecule has 2 aromatic heterocycles. The molecule has 3 aromatic rings. The lowest BCUT2D eigenvalue weighted by Crippen LogP contribution is -2.20. The molecule has 0 aliphatic carbocycles. The first-order chi connectivity index (χ1) is 14.7. The molecule has 7 nitrogen and oxygen atoms in total. The molecule has 1 aromatic carbocycles. The fourth-order valence-electron chi connectivity index (χ4n) is 2.82. The number of rotatable bonds is 8. The summed E-state index contributed by atoms with van der Waals surface area (Å²) in [4.78, 5) is 30.7. The normalized spacial score (nSPS) is 11.2. The van der Waals surface area contributed by atoms with E-state index in [1.54, 1.807) is 24.4 Å². The van der Waals surface area contributed by atoms with Crippen molar-refractivity contribution in [1.29, 1.82) is 0 Å². The number of hydrogen-bond acceptors (Lipinski definition) is 5. The summed E-state index contributed by atoms with van der Waals surface area (Å²) in [5.41, 5.74) is 0.429. The van der Waals surface area contributed by atoms with E-state index in [-0.39, 0.29) is 59.2 Å². The maximum atomic E-state index is 13.8. The van der Waals surface area contributed by atoms with Gasteiger partial charge in [0.15, 0.2) is 11.0 Å². The first-order valence-corrected chi connectivity index (χ1v) is 10.7. The van der Waals surface area contributed by atoms with Crippen LogP contribution in [0.25, 0.3) is 0 Å². The molecule has 1 amide bonds. The molecule has 12 heteroatoms. The van der Waals surface area contributed by atoms with Crippen LogP contribution in [-0.2, 0) is 17.8 Å². The summed E-state index contributed by atoms with van der Waals surface area (Å²) >= 11 is 3.45. The minimum Gasteiger partial charge on any atom is -0.308 e. The van der Waals surface area contributed by atoms with Gasteiger partial charge in [0.2, 0.25) is 5.91 Å². The molecule has 2 N–H and O–H groups in total. The van der Waals surface area contributed by atoms with Crippen molar-refractivity contribution in [1.82, 2.24) is 19.7 Å². The summed E-state index contributed by atoms with van der Waals surface area (Å²) in [6.07, 6.45) is 1.65. The van der Waals surface area contributed by atoms with E-state index < -0.39 is 17.2 Å². The summed E-state index contributed by atoms with van der Waals surface area (Å²) in [6.45, 7) is 1.71. The number of nitrogens with zero attached hydrogens (tertiary/aromatic N) is 3.